The maximum atomic E-state index is 13.2. The summed E-state index contributed by atoms with van der Waals surface area (Å²) < 4.78 is 15.3. The Bertz CT molecular complexity index is 1100. The van der Waals surface area contributed by atoms with Gasteiger partial charge in [-0.3, -0.25) is 0 Å². The number of amides is 2. The first-order valence-electron chi connectivity index (χ1n) is 11.5. The van der Waals surface area contributed by atoms with Crippen LogP contribution in [-0.2, 0) is 0 Å². The van der Waals surface area contributed by atoms with E-state index in [-0.39, 0.29) is 11.8 Å². The summed E-state index contributed by atoms with van der Waals surface area (Å²) in [6.45, 7) is 0.797. The van der Waals surface area contributed by atoms with Gasteiger partial charge in [0, 0.05) is 29.5 Å². The van der Waals surface area contributed by atoms with Gasteiger partial charge in [0.2, 0.25) is 0 Å². The van der Waals surface area contributed by atoms with Crippen LogP contribution in [0.15, 0.2) is 54.7 Å². The number of benzene rings is 2. The zero-order valence-corrected chi connectivity index (χ0v) is 17.6. The molecule has 0 unspecified atom stereocenters. The van der Waals surface area contributed by atoms with Crippen LogP contribution in [-0.4, -0.2) is 17.1 Å². The molecule has 3 aromatic rings. The molecule has 160 valence electrons. The Morgan fingerprint density at radius 1 is 0.968 bits per heavy atom. The molecule has 0 saturated heterocycles. The molecule has 2 amide bonds. The van der Waals surface area contributed by atoms with Crippen molar-refractivity contribution >= 4 is 22.6 Å². The molecule has 2 N–H and O–H groups in total. The normalized spacial score (nSPS) is 28.7. The lowest BCUT2D eigenvalue weighted by atomic mass is 9.49. The first kappa shape index (κ1) is 18.9. The van der Waals surface area contributed by atoms with Crippen molar-refractivity contribution in [1.82, 2.24) is 9.88 Å². The minimum absolute atomic E-state index is 0.118. The van der Waals surface area contributed by atoms with Gasteiger partial charge in [-0.05, 0) is 110 Å². The predicted octanol–water partition coefficient (Wildman–Crippen LogP) is 6.11. The molecule has 1 heterocycles. The number of carbonyl (C=O) groups excluding carboxylic acids is 1. The Morgan fingerprint density at radius 3 is 2.32 bits per heavy atom. The summed E-state index contributed by atoms with van der Waals surface area (Å²) in [5.74, 6) is 2.43. The molecule has 5 heteroatoms. The molecule has 4 fully saturated rings. The second-order valence-electron chi connectivity index (χ2n) is 10.2. The molecule has 4 aliphatic rings. The number of anilines is 1. The third-order valence-electron chi connectivity index (χ3n) is 7.84. The molecule has 4 nitrogen and oxygen atoms in total. The summed E-state index contributed by atoms with van der Waals surface area (Å²) in [5, 5.41) is 7.23. The fourth-order valence-electron chi connectivity index (χ4n) is 7.00. The first-order chi connectivity index (χ1) is 15.1. The number of aromatic nitrogens is 1. The molecular weight excluding hydrogens is 389 g/mol. The highest BCUT2D eigenvalue weighted by molar-refractivity contribution is 5.93. The number of fused-ring (bicyclic) bond motifs is 1. The third kappa shape index (κ3) is 3.50. The molecule has 0 atom stereocenters. The minimum Gasteiger partial charge on any atom is -0.337 e. The van der Waals surface area contributed by atoms with Gasteiger partial charge in [-0.2, -0.15) is 0 Å². The Labute approximate surface area is 181 Å². The SMILES string of the molecule is O=C(NCC12CC3CC(CC(C3)C1)C2)Nc1ccc2c(ccn2-c2ccc(F)cc2)c1. The molecule has 1 aromatic heterocycles. The number of nitrogens with zero attached hydrogens (tertiary/aromatic N) is 1. The monoisotopic (exact) mass is 417 g/mol. The van der Waals surface area contributed by atoms with Gasteiger partial charge in [0.1, 0.15) is 5.82 Å². The summed E-state index contributed by atoms with van der Waals surface area (Å²) in [7, 11) is 0. The van der Waals surface area contributed by atoms with E-state index >= 15 is 0 Å². The van der Waals surface area contributed by atoms with Gasteiger partial charge in [0.05, 0.1) is 5.52 Å². The average molecular weight is 418 g/mol. The van der Waals surface area contributed by atoms with Gasteiger partial charge >= 0.3 is 6.03 Å². The Balaban J connectivity index is 1.13. The number of urea groups is 1. The van der Waals surface area contributed by atoms with Crippen molar-refractivity contribution in [3.8, 4) is 5.69 Å². The zero-order valence-electron chi connectivity index (χ0n) is 17.6. The fraction of sp³-hybridized carbons (Fsp3) is 0.423. The van der Waals surface area contributed by atoms with Gasteiger partial charge in [-0.1, -0.05) is 0 Å². The highest BCUT2D eigenvalue weighted by Crippen LogP contribution is 2.59. The molecule has 4 bridgehead atoms. The van der Waals surface area contributed by atoms with E-state index in [4.69, 9.17) is 0 Å². The molecular formula is C26H28FN3O. The largest absolute Gasteiger partial charge is 0.337 e. The third-order valence-corrected chi connectivity index (χ3v) is 7.84. The molecule has 0 aliphatic heterocycles. The number of hydrogen-bond donors (Lipinski definition) is 2. The van der Waals surface area contributed by atoms with Crippen molar-refractivity contribution in [2.75, 3.05) is 11.9 Å². The average Bonchev–Trinajstić information content (AvgIpc) is 3.15. The Kier molecular flexibility index (Phi) is 4.34. The minimum atomic E-state index is -0.244. The predicted molar refractivity (Wildman–Crippen MR) is 121 cm³/mol. The van der Waals surface area contributed by atoms with Gasteiger partial charge in [0.15, 0.2) is 0 Å². The quantitative estimate of drug-likeness (QED) is 0.529. The van der Waals surface area contributed by atoms with E-state index in [0.29, 0.717) is 5.41 Å². The van der Waals surface area contributed by atoms with E-state index in [0.717, 1.165) is 46.6 Å². The molecule has 31 heavy (non-hydrogen) atoms. The van der Waals surface area contributed by atoms with Crippen molar-refractivity contribution in [2.45, 2.75) is 38.5 Å². The van der Waals surface area contributed by atoms with Crippen LogP contribution in [0.3, 0.4) is 0 Å². The van der Waals surface area contributed by atoms with Crippen molar-refractivity contribution < 1.29 is 9.18 Å². The standard InChI is InChI=1S/C26H28FN3O/c27-21-1-4-23(5-2-21)30-8-7-20-12-22(3-6-24(20)30)29-25(31)28-16-26-13-17-9-18(14-26)11-19(10-17)15-26/h1-8,12,17-19H,9-11,13-16H2,(H2,28,29,31). The summed E-state index contributed by atoms with van der Waals surface area (Å²) in [6.07, 6.45) is 10.1. The van der Waals surface area contributed by atoms with Gasteiger partial charge < -0.3 is 15.2 Å². The van der Waals surface area contributed by atoms with E-state index in [1.807, 2.05) is 35.0 Å². The second kappa shape index (κ2) is 7.11. The lowest BCUT2D eigenvalue weighted by Gasteiger charge is -2.56. The number of carbonyl (C=O) groups is 1. The molecule has 4 aliphatic carbocycles. The van der Waals surface area contributed by atoms with Crippen molar-refractivity contribution in [1.29, 1.82) is 0 Å². The van der Waals surface area contributed by atoms with E-state index in [2.05, 4.69) is 10.6 Å². The van der Waals surface area contributed by atoms with Crippen LogP contribution in [0.1, 0.15) is 38.5 Å². The highest BCUT2D eigenvalue weighted by Gasteiger charge is 2.50. The summed E-state index contributed by atoms with van der Waals surface area (Å²) in [5.41, 5.74) is 3.05. The van der Waals surface area contributed by atoms with Crippen molar-refractivity contribution in [3.63, 3.8) is 0 Å². The van der Waals surface area contributed by atoms with Gasteiger partial charge in [-0.25, -0.2) is 9.18 Å². The summed E-state index contributed by atoms with van der Waals surface area (Å²) in [4.78, 5) is 12.6. The maximum absolute atomic E-state index is 13.2. The number of nitrogens with one attached hydrogen (secondary N) is 2. The molecule has 2 aromatic carbocycles. The highest BCUT2D eigenvalue weighted by atomic mass is 19.1. The Hall–Kier alpha value is -2.82. The van der Waals surface area contributed by atoms with Crippen molar-refractivity contribution in [3.05, 3.63) is 60.5 Å². The first-order valence-corrected chi connectivity index (χ1v) is 11.5. The second-order valence-corrected chi connectivity index (χ2v) is 10.2. The van der Waals surface area contributed by atoms with Crippen molar-refractivity contribution in [2.24, 2.45) is 23.2 Å². The smallest absolute Gasteiger partial charge is 0.319 e. The van der Waals surface area contributed by atoms with Crippen LogP contribution < -0.4 is 10.6 Å². The van der Waals surface area contributed by atoms with Crippen LogP contribution in [0.25, 0.3) is 16.6 Å². The number of hydrogen-bond acceptors (Lipinski definition) is 1. The van der Waals surface area contributed by atoms with Crippen LogP contribution in [0.2, 0.25) is 0 Å². The number of halogens is 1. The van der Waals surface area contributed by atoms with Crippen LogP contribution in [0, 0.1) is 29.0 Å². The van der Waals surface area contributed by atoms with E-state index in [1.165, 1.54) is 50.7 Å². The van der Waals surface area contributed by atoms with Gasteiger partial charge in [0.25, 0.3) is 0 Å². The molecule has 0 radical (unpaired) electrons. The lowest BCUT2D eigenvalue weighted by Crippen LogP contribution is -2.51. The van der Waals surface area contributed by atoms with E-state index in [9.17, 15) is 9.18 Å². The van der Waals surface area contributed by atoms with E-state index in [1.54, 1.807) is 12.1 Å². The lowest BCUT2D eigenvalue weighted by molar-refractivity contribution is -0.0496. The Morgan fingerprint density at radius 2 is 1.65 bits per heavy atom. The van der Waals surface area contributed by atoms with Crippen LogP contribution in [0.5, 0.6) is 0 Å². The maximum Gasteiger partial charge on any atom is 0.319 e. The van der Waals surface area contributed by atoms with Crippen LogP contribution in [0.4, 0.5) is 14.9 Å². The number of rotatable bonds is 4. The zero-order chi connectivity index (χ0) is 21.0. The molecule has 7 rings (SSSR count). The molecule has 0 spiro atoms. The summed E-state index contributed by atoms with van der Waals surface area (Å²) in [6, 6.07) is 14.2. The van der Waals surface area contributed by atoms with Crippen LogP contribution >= 0.6 is 0 Å². The fourth-order valence-corrected chi connectivity index (χ4v) is 7.00. The van der Waals surface area contributed by atoms with Gasteiger partial charge in [-0.15, -0.1) is 0 Å². The van der Waals surface area contributed by atoms with E-state index < -0.39 is 0 Å². The molecule has 4 saturated carbocycles. The summed E-state index contributed by atoms with van der Waals surface area (Å²) >= 11 is 0. The topological polar surface area (TPSA) is 46.1 Å².